The van der Waals surface area contributed by atoms with Gasteiger partial charge in [0.2, 0.25) is 5.88 Å². The maximum atomic E-state index is 11.9. The van der Waals surface area contributed by atoms with Crippen LogP contribution in [0, 0.1) is 0 Å². The summed E-state index contributed by atoms with van der Waals surface area (Å²) in [7, 11) is 0. The molecule has 0 aliphatic carbocycles. The average molecular weight is 386 g/mol. The molecule has 0 fully saturated rings. The Hall–Kier alpha value is -2.96. The van der Waals surface area contributed by atoms with Crippen LogP contribution in [0.1, 0.15) is 46.1 Å². The van der Waals surface area contributed by atoms with Gasteiger partial charge in [-0.3, -0.25) is 4.90 Å². The quantitative estimate of drug-likeness (QED) is 0.567. The van der Waals surface area contributed by atoms with E-state index in [1.54, 1.807) is 26.8 Å². The van der Waals surface area contributed by atoms with Crippen molar-refractivity contribution >= 4 is 23.3 Å². The predicted molar refractivity (Wildman–Crippen MR) is 113 cm³/mol. The molecule has 0 aliphatic heterocycles. The highest BCUT2D eigenvalue weighted by atomic mass is 16.5. The summed E-state index contributed by atoms with van der Waals surface area (Å²) in [6, 6.07) is 11.6. The number of hydrogen-bond donors (Lipinski definition) is 3. The van der Waals surface area contributed by atoms with E-state index in [2.05, 4.69) is 17.2 Å². The molecule has 0 saturated heterocycles. The Labute approximate surface area is 166 Å². The maximum absolute atomic E-state index is 11.9. The normalized spacial score (nSPS) is 11.1. The van der Waals surface area contributed by atoms with E-state index in [0.717, 1.165) is 18.4 Å². The molecule has 0 unspecified atom stereocenters. The zero-order chi connectivity index (χ0) is 20.7. The van der Waals surface area contributed by atoms with E-state index >= 15 is 0 Å². The summed E-state index contributed by atoms with van der Waals surface area (Å²) in [6.45, 7) is 8.51. The average Bonchev–Trinajstić information content (AvgIpc) is 2.62. The van der Waals surface area contributed by atoms with E-state index < -0.39 is 11.6 Å². The van der Waals surface area contributed by atoms with Gasteiger partial charge in [0.1, 0.15) is 0 Å². The zero-order valence-electron chi connectivity index (χ0n) is 17.0. The van der Waals surface area contributed by atoms with Crippen LogP contribution >= 0.6 is 0 Å². The van der Waals surface area contributed by atoms with Crippen molar-refractivity contribution in [3.05, 3.63) is 42.0 Å². The van der Waals surface area contributed by atoms with Crippen LogP contribution < -0.4 is 20.7 Å². The van der Waals surface area contributed by atoms with E-state index in [9.17, 15) is 9.90 Å². The summed E-state index contributed by atoms with van der Waals surface area (Å²) in [5.41, 5.74) is 7.55. The number of aromatic nitrogens is 1. The largest absolute Gasteiger partial charge is 0.478 e. The molecular weight excluding hydrogens is 356 g/mol. The van der Waals surface area contributed by atoms with Crippen LogP contribution in [-0.4, -0.2) is 28.3 Å². The third-order valence-electron chi connectivity index (χ3n) is 4.16. The first-order valence-corrected chi connectivity index (χ1v) is 9.48. The lowest BCUT2D eigenvalue weighted by Crippen LogP contribution is -2.46. The smallest absolute Gasteiger partial charge is 0.413 e. The summed E-state index contributed by atoms with van der Waals surface area (Å²) in [6.07, 6.45) is 0.756. The number of hydrogen-bond acceptors (Lipinski definition) is 5. The molecule has 1 aromatic carbocycles. The molecular formula is C21H30N4O3. The van der Waals surface area contributed by atoms with Gasteiger partial charge in [0.15, 0.2) is 5.82 Å². The SMILES string of the molecule is CCCCOc1cc(NCc2ccccc2)c(N)c(N(C(=O)O)C(C)(C)C)n1. The topological polar surface area (TPSA) is 101 Å². The second-order valence-corrected chi connectivity index (χ2v) is 7.58. The van der Waals surface area contributed by atoms with E-state index in [0.29, 0.717) is 24.7 Å². The molecule has 0 spiro atoms. The Balaban J connectivity index is 2.41. The first-order valence-electron chi connectivity index (χ1n) is 9.48. The Morgan fingerprint density at radius 3 is 2.54 bits per heavy atom. The molecule has 1 aromatic heterocycles. The maximum Gasteiger partial charge on any atom is 0.413 e. The monoisotopic (exact) mass is 386 g/mol. The lowest BCUT2D eigenvalue weighted by atomic mass is 10.1. The highest BCUT2D eigenvalue weighted by Gasteiger charge is 2.32. The molecule has 1 heterocycles. The molecule has 0 saturated carbocycles. The van der Waals surface area contributed by atoms with Gasteiger partial charge in [-0.1, -0.05) is 43.7 Å². The number of carbonyl (C=O) groups is 1. The molecule has 0 radical (unpaired) electrons. The van der Waals surface area contributed by atoms with Crippen molar-refractivity contribution in [3.63, 3.8) is 0 Å². The van der Waals surface area contributed by atoms with Crippen molar-refractivity contribution in [2.75, 3.05) is 22.6 Å². The second kappa shape index (κ2) is 9.30. The van der Waals surface area contributed by atoms with Gasteiger partial charge in [-0.05, 0) is 32.8 Å². The predicted octanol–water partition coefficient (Wildman–Crippen LogP) is 4.74. The van der Waals surface area contributed by atoms with Crippen molar-refractivity contribution in [1.82, 2.24) is 4.98 Å². The van der Waals surface area contributed by atoms with Crippen molar-refractivity contribution < 1.29 is 14.6 Å². The number of nitrogens with one attached hydrogen (secondary N) is 1. The summed E-state index contributed by atoms with van der Waals surface area (Å²) < 4.78 is 5.75. The van der Waals surface area contributed by atoms with Gasteiger partial charge in [0.05, 0.1) is 18.0 Å². The standard InChI is InChI=1S/C21H30N4O3/c1-5-6-12-28-17-13-16(23-14-15-10-8-7-9-11-15)18(22)19(24-17)25(20(26)27)21(2,3)4/h7-11,13H,5-6,12,14,22H2,1-4H3,(H,23,24)(H,26,27). The summed E-state index contributed by atoms with van der Waals surface area (Å²) in [4.78, 5) is 17.5. The van der Waals surface area contributed by atoms with Gasteiger partial charge in [-0.15, -0.1) is 0 Å². The van der Waals surface area contributed by atoms with E-state index in [-0.39, 0.29) is 11.5 Å². The highest BCUT2D eigenvalue weighted by molar-refractivity contribution is 5.93. The van der Waals surface area contributed by atoms with Crippen LogP contribution in [0.5, 0.6) is 5.88 Å². The lowest BCUT2D eigenvalue weighted by Gasteiger charge is -2.33. The minimum Gasteiger partial charge on any atom is -0.478 e. The zero-order valence-corrected chi connectivity index (χ0v) is 17.0. The van der Waals surface area contributed by atoms with Gasteiger partial charge < -0.3 is 20.9 Å². The fourth-order valence-corrected chi connectivity index (χ4v) is 2.72. The number of nitrogens with two attached hydrogens (primary N) is 1. The third-order valence-corrected chi connectivity index (χ3v) is 4.16. The Kier molecular flexibility index (Phi) is 7.09. The van der Waals surface area contributed by atoms with Gasteiger partial charge in [-0.2, -0.15) is 4.98 Å². The van der Waals surface area contributed by atoms with Crippen LogP contribution in [-0.2, 0) is 6.54 Å². The van der Waals surface area contributed by atoms with Gasteiger partial charge >= 0.3 is 6.09 Å². The molecule has 2 aromatic rings. The molecule has 4 N–H and O–H groups in total. The van der Waals surface area contributed by atoms with E-state index in [1.807, 2.05) is 30.3 Å². The molecule has 0 bridgehead atoms. The van der Waals surface area contributed by atoms with Crippen molar-refractivity contribution in [2.45, 2.75) is 52.6 Å². The number of benzene rings is 1. The van der Waals surface area contributed by atoms with Crippen LogP contribution in [0.2, 0.25) is 0 Å². The third kappa shape index (κ3) is 5.52. The number of amides is 1. The highest BCUT2D eigenvalue weighted by Crippen LogP contribution is 2.36. The summed E-state index contributed by atoms with van der Waals surface area (Å²) in [5.74, 6) is 0.522. The molecule has 28 heavy (non-hydrogen) atoms. The fraction of sp³-hybridized carbons (Fsp3) is 0.429. The molecule has 152 valence electrons. The van der Waals surface area contributed by atoms with Gasteiger partial charge in [0, 0.05) is 18.2 Å². The number of carboxylic acid groups (broad SMARTS) is 1. The molecule has 0 aliphatic rings. The number of rotatable bonds is 8. The molecule has 0 atom stereocenters. The minimum absolute atomic E-state index is 0.171. The summed E-state index contributed by atoms with van der Waals surface area (Å²) >= 11 is 0. The fourth-order valence-electron chi connectivity index (χ4n) is 2.72. The Bertz CT molecular complexity index is 788. The van der Waals surface area contributed by atoms with Crippen LogP contribution in [0.15, 0.2) is 36.4 Å². The van der Waals surface area contributed by atoms with Crippen molar-refractivity contribution in [3.8, 4) is 5.88 Å². The summed E-state index contributed by atoms with van der Waals surface area (Å²) in [5, 5.41) is 13.0. The number of unbranched alkanes of at least 4 members (excludes halogenated alkanes) is 1. The van der Waals surface area contributed by atoms with Crippen molar-refractivity contribution in [1.29, 1.82) is 0 Å². The molecule has 1 amide bonds. The van der Waals surface area contributed by atoms with Gasteiger partial charge in [-0.25, -0.2) is 4.79 Å². The molecule has 2 rings (SSSR count). The van der Waals surface area contributed by atoms with Crippen LogP contribution in [0.3, 0.4) is 0 Å². The number of nitrogens with zero attached hydrogens (tertiary/aromatic N) is 2. The number of pyridine rings is 1. The molecule has 7 heteroatoms. The van der Waals surface area contributed by atoms with Gasteiger partial charge in [0.25, 0.3) is 0 Å². The van der Waals surface area contributed by atoms with E-state index in [1.165, 1.54) is 4.90 Å². The minimum atomic E-state index is -1.12. The first-order chi connectivity index (χ1) is 13.2. The van der Waals surface area contributed by atoms with Crippen LogP contribution in [0.25, 0.3) is 0 Å². The number of anilines is 3. The Morgan fingerprint density at radius 2 is 1.96 bits per heavy atom. The number of ether oxygens (including phenoxy) is 1. The van der Waals surface area contributed by atoms with Crippen molar-refractivity contribution in [2.24, 2.45) is 0 Å². The van der Waals surface area contributed by atoms with Crippen LogP contribution in [0.4, 0.5) is 22.0 Å². The number of nitrogen functional groups attached to an aromatic ring is 1. The lowest BCUT2D eigenvalue weighted by molar-refractivity contribution is 0.195. The first kappa shape index (κ1) is 21.3. The molecule has 7 nitrogen and oxygen atoms in total. The second-order valence-electron chi connectivity index (χ2n) is 7.58. The van der Waals surface area contributed by atoms with E-state index in [4.69, 9.17) is 10.5 Å². The Morgan fingerprint density at radius 1 is 1.29 bits per heavy atom.